The second kappa shape index (κ2) is 6.72. The minimum Gasteiger partial charge on any atom is -0.395 e. The van der Waals surface area contributed by atoms with Gasteiger partial charge in [0.15, 0.2) is 0 Å². The van der Waals surface area contributed by atoms with E-state index in [4.69, 9.17) is 5.11 Å². The topological polar surface area (TPSA) is 60.9 Å². The van der Waals surface area contributed by atoms with Crippen LogP contribution >= 0.6 is 0 Å². The van der Waals surface area contributed by atoms with Gasteiger partial charge in [-0.3, -0.25) is 9.59 Å². The average molecular weight is 290 g/mol. The van der Waals surface area contributed by atoms with Crippen LogP contribution in [0, 0.1) is 0 Å². The number of rotatable bonds is 4. The van der Waals surface area contributed by atoms with E-state index in [1.54, 1.807) is 9.80 Å². The molecule has 1 aromatic carbocycles. The predicted molar refractivity (Wildman–Crippen MR) is 79.5 cm³/mol. The van der Waals surface area contributed by atoms with Crippen LogP contribution in [0.5, 0.6) is 0 Å². The van der Waals surface area contributed by atoms with Crippen LogP contribution in [0.1, 0.15) is 25.0 Å². The van der Waals surface area contributed by atoms with Crippen molar-refractivity contribution in [3.05, 3.63) is 35.4 Å². The Kier molecular flexibility index (Phi) is 4.96. The van der Waals surface area contributed by atoms with Crippen molar-refractivity contribution in [2.24, 2.45) is 0 Å². The lowest BCUT2D eigenvalue weighted by Crippen LogP contribution is -2.53. The second-order valence-corrected chi connectivity index (χ2v) is 5.28. The van der Waals surface area contributed by atoms with Gasteiger partial charge in [0, 0.05) is 33.0 Å². The lowest BCUT2D eigenvalue weighted by atomic mass is 9.93. The summed E-state index contributed by atoms with van der Waals surface area (Å²) in [6.07, 6.45) is 0.538. The first-order valence-corrected chi connectivity index (χ1v) is 7.32. The second-order valence-electron chi connectivity index (χ2n) is 5.28. The molecule has 5 heteroatoms. The Labute approximate surface area is 125 Å². The van der Waals surface area contributed by atoms with E-state index in [0.29, 0.717) is 26.1 Å². The van der Waals surface area contributed by atoms with Crippen LogP contribution in [-0.4, -0.2) is 52.5 Å². The van der Waals surface area contributed by atoms with Gasteiger partial charge >= 0.3 is 0 Å². The Morgan fingerprint density at radius 3 is 2.57 bits per heavy atom. The molecule has 1 unspecified atom stereocenters. The van der Waals surface area contributed by atoms with Gasteiger partial charge in [0.1, 0.15) is 6.04 Å². The summed E-state index contributed by atoms with van der Waals surface area (Å²) in [5.74, 6) is -0.181. The first-order chi connectivity index (χ1) is 10.1. The molecule has 114 valence electrons. The van der Waals surface area contributed by atoms with Gasteiger partial charge in [-0.05, 0) is 18.1 Å². The minimum atomic E-state index is -0.469. The molecule has 2 amide bonds. The van der Waals surface area contributed by atoms with Crippen LogP contribution in [0.3, 0.4) is 0 Å². The molecule has 0 bridgehead atoms. The molecular formula is C16H22N2O3. The number of carbonyl (C=O) groups excluding carboxylic acids is 2. The fourth-order valence-corrected chi connectivity index (χ4v) is 2.83. The summed E-state index contributed by atoms with van der Waals surface area (Å²) in [7, 11) is 0. The monoisotopic (exact) mass is 290 g/mol. The predicted octanol–water partition coefficient (Wildman–Crippen LogP) is 0.801. The standard InChI is InChI=1S/C16H22N2O3/c1-3-17(8-9-19)16(21)15-10-13-6-4-5-7-14(13)11-18(15)12(2)20/h4-7,15,19H,3,8-11H2,1-2H3. The van der Waals surface area contributed by atoms with Gasteiger partial charge in [-0.25, -0.2) is 0 Å². The molecule has 1 aliphatic rings. The van der Waals surface area contributed by atoms with E-state index in [1.807, 2.05) is 31.2 Å². The van der Waals surface area contributed by atoms with E-state index >= 15 is 0 Å². The lowest BCUT2D eigenvalue weighted by Gasteiger charge is -2.37. The summed E-state index contributed by atoms with van der Waals surface area (Å²) in [6.45, 7) is 4.61. The summed E-state index contributed by atoms with van der Waals surface area (Å²) >= 11 is 0. The van der Waals surface area contributed by atoms with Crippen LogP contribution in [0.25, 0.3) is 0 Å². The van der Waals surface area contributed by atoms with Crippen molar-refractivity contribution in [2.45, 2.75) is 32.9 Å². The molecule has 2 rings (SSSR count). The summed E-state index contributed by atoms with van der Waals surface area (Å²) < 4.78 is 0. The molecule has 0 radical (unpaired) electrons. The Balaban J connectivity index is 2.28. The van der Waals surface area contributed by atoms with Crippen LogP contribution < -0.4 is 0 Å². The summed E-state index contributed by atoms with van der Waals surface area (Å²) in [6, 6.07) is 7.44. The molecule has 1 atom stereocenters. The van der Waals surface area contributed by atoms with Gasteiger partial charge in [-0.2, -0.15) is 0 Å². The van der Waals surface area contributed by atoms with Crippen molar-refractivity contribution in [3.8, 4) is 0 Å². The number of aliphatic hydroxyl groups is 1. The van der Waals surface area contributed by atoms with Crippen molar-refractivity contribution in [2.75, 3.05) is 19.7 Å². The van der Waals surface area contributed by atoms with Crippen LogP contribution in [0.4, 0.5) is 0 Å². The van der Waals surface area contributed by atoms with Gasteiger partial charge < -0.3 is 14.9 Å². The third-order valence-corrected chi connectivity index (χ3v) is 4.00. The number of hydrogen-bond acceptors (Lipinski definition) is 3. The summed E-state index contributed by atoms with van der Waals surface area (Å²) in [4.78, 5) is 27.8. The highest BCUT2D eigenvalue weighted by molar-refractivity contribution is 5.87. The first kappa shape index (κ1) is 15.5. The maximum Gasteiger partial charge on any atom is 0.245 e. The zero-order valence-electron chi connectivity index (χ0n) is 12.6. The average Bonchev–Trinajstić information content (AvgIpc) is 2.50. The molecular weight excluding hydrogens is 268 g/mol. The Hall–Kier alpha value is -1.88. The summed E-state index contributed by atoms with van der Waals surface area (Å²) in [5, 5.41) is 9.07. The molecule has 0 saturated carbocycles. The highest BCUT2D eigenvalue weighted by Crippen LogP contribution is 2.24. The van der Waals surface area contributed by atoms with E-state index < -0.39 is 6.04 Å². The molecule has 0 spiro atoms. The molecule has 21 heavy (non-hydrogen) atoms. The van der Waals surface area contributed by atoms with Crippen LogP contribution in [0.2, 0.25) is 0 Å². The molecule has 1 heterocycles. The zero-order valence-corrected chi connectivity index (χ0v) is 12.6. The van der Waals surface area contributed by atoms with Gasteiger partial charge in [0.05, 0.1) is 6.61 Å². The van der Waals surface area contributed by atoms with E-state index in [0.717, 1.165) is 11.1 Å². The minimum absolute atomic E-state index is 0.0665. The van der Waals surface area contributed by atoms with Crippen molar-refractivity contribution in [1.82, 2.24) is 9.80 Å². The number of carbonyl (C=O) groups is 2. The fraction of sp³-hybridized carbons (Fsp3) is 0.500. The number of nitrogens with zero attached hydrogens (tertiary/aromatic N) is 2. The van der Waals surface area contributed by atoms with Crippen molar-refractivity contribution < 1.29 is 14.7 Å². The molecule has 0 aliphatic carbocycles. The number of aliphatic hydroxyl groups excluding tert-OH is 1. The molecule has 0 saturated heterocycles. The number of likely N-dealkylation sites (N-methyl/N-ethyl adjacent to an activating group) is 1. The van der Waals surface area contributed by atoms with Gasteiger partial charge in [-0.1, -0.05) is 24.3 Å². The van der Waals surface area contributed by atoms with Crippen molar-refractivity contribution >= 4 is 11.8 Å². The highest BCUT2D eigenvalue weighted by Gasteiger charge is 2.34. The maximum absolute atomic E-state index is 12.7. The molecule has 0 fully saturated rings. The Bertz CT molecular complexity index is 530. The largest absolute Gasteiger partial charge is 0.395 e. The Morgan fingerprint density at radius 1 is 1.33 bits per heavy atom. The molecule has 1 aromatic rings. The van der Waals surface area contributed by atoms with Crippen molar-refractivity contribution in [1.29, 1.82) is 0 Å². The molecule has 0 aromatic heterocycles. The van der Waals surface area contributed by atoms with Gasteiger partial charge in [-0.15, -0.1) is 0 Å². The quantitative estimate of drug-likeness (QED) is 0.892. The molecule has 1 aliphatic heterocycles. The zero-order chi connectivity index (χ0) is 15.4. The third kappa shape index (κ3) is 3.24. The normalized spacial score (nSPS) is 17.3. The van der Waals surface area contributed by atoms with Gasteiger partial charge in [0.25, 0.3) is 0 Å². The number of hydrogen-bond donors (Lipinski definition) is 1. The third-order valence-electron chi connectivity index (χ3n) is 4.00. The van der Waals surface area contributed by atoms with E-state index in [9.17, 15) is 9.59 Å². The first-order valence-electron chi connectivity index (χ1n) is 7.32. The molecule has 1 N–H and O–H groups in total. The van der Waals surface area contributed by atoms with Gasteiger partial charge in [0.2, 0.25) is 11.8 Å². The lowest BCUT2D eigenvalue weighted by molar-refractivity contribution is -0.146. The highest BCUT2D eigenvalue weighted by atomic mass is 16.3. The SMILES string of the molecule is CCN(CCO)C(=O)C1Cc2ccccc2CN1C(C)=O. The van der Waals surface area contributed by atoms with E-state index in [1.165, 1.54) is 6.92 Å². The molecule has 5 nitrogen and oxygen atoms in total. The smallest absolute Gasteiger partial charge is 0.245 e. The maximum atomic E-state index is 12.7. The number of fused-ring (bicyclic) bond motifs is 1. The van der Waals surface area contributed by atoms with Crippen LogP contribution in [-0.2, 0) is 22.6 Å². The van der Waals surface area contributed by atoms with E-state index in [-0.39, 0.29) is 18.4 Å². The summed E-state index contributed by atoms with van der Waals surface area (Å²) in [5.41, 5.74) is 2.22. The number of benzene rings is 1. The van der Waals surface area contributed by atoms with Crippen LogP contribution in [0.15, 0.2) is 24.3 Å². The fourth-order valence-electron chi connectivity index (χ4n) is 2.83. The van der Waals surface area contributed by atoms with E-state index in [2.05, 4.69) is 0 Å². The van der Waals surface area contributed by atoms with Crippen molar-refractivity contribution in [3.63, 3.8) is 0 Å². The Morgan fingerprint density at radius 2 is 2.00 bits per heavy atom. The number of amides is 2.